The van der Waals surface area contributed by atoms with E-state index in [9.17, 15) is 13.2 Å². The maximum absolute atomic E-state index is 12.7. The lowest BCUT2D eigenvalue weighted by molar-refractivity contribution is 0.0708. The van der Waals surface area contributed by atoms with E-state index >= 15 is 0 Å². The summed E-state index contributed by atoms with van der Waals surface area (Å²) >= 11 is 0. The SMILES string of the molecule is CCN(C(=O)c1cnc2nccnc2c1)C1CCS(=O)(=O)C1. The third-order valence-corrected chi connectivity index (χ3v) is 5.57. The molecule has 7 nitrogen and oxygen atoms in total. The summed E-state index contributed by atoms with van der Waals surface area (Å²) in [7, 11) is -3.03. The van der Waals surface area contributed by atoms with Crippen LogP contribution in [0.25, 0.3) is 11.2 Å². The van der Waals surface area contributed by atoms with E-state index in [1.165, 1.54) is 6.20 Å². The second-order valence-corrected chi connectivity index (χ2v) is 7.50. The summed E-state index contributed by atoms with van der Waals surface area (Å²) in [6.07, 6.45) is 5.03. The zero-order valence-electron chi connectivity index (χ0n) is 12.1. The Morgan fingerprint density at radius 1 is 1.32 bits per heavy atom. The lowest BCUT2D eigenvalue weighted by Gasteiger charge is -2.26. The van der Waals surface area contributed by atoms with Gasteiger partial charge >= 0.3 is 0 Å². The average molecular weight is 320 g/mol. The van der Waals surface area contributed by atoms with Crippen LogP contribution in [-0.4, -0.2) is 58.3 Å². The van der Waals surface area contributed by atoms with Gasteiger partial charge in [-0.25, -0.2) is 18.4 Å². The van der Waals surface area contributed by atoms with Crippen molar-refractivity contribution < 1.29 is 13.2 Å². The van der Waals surface area contributed by atoms with Crippen molar-refractivity contribution >= 4 is 26.9 Å². The first-order valence-electron chi connectivity index (χ1n) is 7.08. The summed E-state index contributed by atoms with van der Waals surface area (Å²) in [5.41, 5.74) is 1.42. The summed E-state index contributed by atoms with van der Waals surface area (Å²) in [6.45, 7) is 2.30. The van der Waals surface area contributed by atoms with E-state index in [0.29, 0.717) is 29.7 Å². The number of fused-ring (bicyclic) bond motifs is 1. The molecule has 1 saturated heterocycles. The molecule has 0 spiro atoms. The van der Waals surface area contributed by atoms with Crippen LogP contribution in [0.4, 0.5) is 0 Å². The molecule has 1 amide bonds. The summed E-state index contributed by atoms with van der Waals surface area (Å²) in [5.74, 6) is -0.0410. The fourth-order valence-corrected chi connectivity index (χ4v) is 4.46. The van der Waals surface area contributed by atoms with Crippen LogP contribution in [-0.2, 0) is 9.84 Å². The van der Waals surface area contributed by atoms with E-state index in [-0.39, 0.29) is 23.5 Å². The van der Waals surface area contributed by atoms with E-state index in [0.717, 1.165) is 0 Å². The Bertz CT molecular complexity index is 822. The molecule has 116 valence electrons. The first kappa shape index (κ1) is 14.8. The van der Waals surface area contributed by atoms with Crippen molar-refractivity contribution in [3.8, 4) is 0 Å². The second-order valence-electron chi connectivity index (χ2n) is 5.27. The number of hydrogen-bond acceptors (Lipinski definition) is 6. The third-order valence-electron chi connectivity index (χ3n) is 3.82. The minimum atomic E-state index is -3.03. The fraction of sp³-hybridized carbons (Fsp3) is 0.429. The molecular formula is C14H16N4O3S. The number of nitrogens with zero attached hydrogens (tertiary/aromatic N) is 4. The molecule has 3 rings (SSSR count). The van der Waals surface area contributed by atoms with Crippen molar-refractivity contribution in [2.45, 2.75) is 19.4 Å². The molecule has 0 bridgehead atoms. The first-order chi connectivity index (χ1) is 10.5. The molecule has 2 aromatic heterocycles. The van der Waals surface area contributed by atoms with Gasteiger partial charge in [-0.15, -0.1) is 0 Å². The molecule has 0 N–H and O–H groups in total. The highest BCUT2D eigenvalue weighted by Gasteiger charge is 2.34. The molecule has 1 unspecified atom stereocenters. The molecule has 8 heteroatoms. The molecule has 1 aliphatic heterocycles. The maximum Gasteiger partial charge on any atom is 0.255 e. The number of carbonyl (C=O) groups is 1. The fourth-order valence-electron chi connectivity index (χ4n) is 2.73. The molecular weight excluding hydrogens is 304 g/mol. The number of carbonyl (C=O) groups excluding carboxylic acids is 1. The van der Waals surface area contributed by atoms with Crippen LogP contribution in [0.2, 0.25) is 0 Å². The van der Waals surface area contributed by atoms with Crippen LogP contribution < -0.4 is 0 Å². The summed E-state index contributed by atoms with van der Waals surface area (Å²) in [6, 6.07) is 1.38. The molecule has 0 aliphatic carbocycles. The van der Waals surface area contributed by atoms with Crippen LogP contribution in [0.15, 0.2) is 24.7 Å². The zero-order valence-corrected chi connectivity index (χ0v) is 13.0. The van der Waals surface area contributed by atoms with Gasteiger partial charge in [-0.2, -0.15) is 0 Å². The number of rotatable bonds is 3. The highest BCUT2D eigenvalue weighted by molar-refractivity contribution is 7.91. The van der Waals surface area contributed by atoms with Crippen LogP contribution in [0.1, 0.15) is 23.7 Å². The minimum absolute atomic E-state index is 0.0351. The Balaban J connectivity index is 1.89. The van der Waals surface area contributed by atoms with E-state index in [4.69, 9.17) is 0 Å². The second kappa shape index (κ2) is 5.60. The van der Waals surface area contributed by atoms with Gasteiger partial charge in [-0.3, -0.25) is 9.78 Å². The summed E-state index contributed by atoms with van der Waals surface area (Å²) in [4.78, 5) is 26.6. The quantitative estimate of drug-likeness (QED) is 0.825. The van der Waals surface area contributed by atoms with Crippen LogP contribution in [0.5, 0.6) is 0 Å². The van der Waals surface area contributed by atoms with E-state index in [2.05, 4.69) is 15.0 Å². The van der Waals surface area contributed by atoms with Gasteiger partial charge < -0.3 is 4.90 Å². The molecule has 0 radical (unpaired) electrons. The molecule has 3 heterocycles. The normalized spacial score (nSPS) is 20.1. The van der Waals surface area contributed by atoms with Crippen molar-refractivity contribution in [1.29, 1.82) is 0 Å². The van der Waals surface area contributed by atoms with Crippen molar-refractivity contribution in [2.24, 2.45) is 0 Å². The molecule has 0 saturated carbocycles. The van der Waals surface area contributed by atoms with Gasteiger partial charge in [-0.1, -0.05) is 0 Å². The van der Waals surface area contributed by atoms with Gasteiger partial charge in [-0.05, 0) is 19.4 Å². The number of amides is 1. The van der Waals surface area contributed by atoms with Crippen LogP contribution in [0, 0.1) is 0 Å². The van der Waals surface area contributed by atoms with E-state index < -0.39 is 9.84 Å². The molecule has 22 heavy (non-hydrogen) atoms. The highest BCUT2D eigenvalue weighted by atomic mass is 32.2. The van der Waals surface area contributed by atoms with Gasteiger partial charge in [0.05, 0.1) is 17.1 Å². The predicted octanol–water partition coefficient (Wildman–Crippen LogP) is 0.674. The molecule has 2 aromatic rings. The highest BCUT2D eigenvalue weighted by Crippen LogP contribution is 2.20. The standard InChI is InChI=1S/C14H16N4O3S/c1-2-18(11-3-6-22(20,21)9-11)14(19)10-7-12-13(17-8-10)16-5-4-15-12/h4-5,7-8,11H,2-3,6,9H2,1H3. The number of aromatic nitrogens is 3. The average Bonchev–Trinajstić information content (AvgIpc) is 2.87. The number of pyridine rings is 1. The summed E-state index contributed by atoms with van der Waals surface area (Å²) < 4.78 is 23.3. The van der Waals surface area contributed by atoms with Gasteiger partial charge in [0.1, 0.15) is 5.52 Å². The molecule has 0 aromatic carbocycles. The maximum atomic E-state index is 12.7. The Labute approximate surface area is 128 Å². The van der Waals surface area contributed by atoms with Gasteiger partial charge in [0, 0.05) is 31.2 Å². The minimum Gasteiger partial charge on any atom is -0.335 e. The lowest BCUT2D eigenvalue weighted by Crippen LogP contribution is -2.41. The van der Waals surface area contributed by atoms with Crippen molar-refractivity contribution in [2.75, 3.05) is 18.1 Å². The van der Waals surface area contributed by atoms with E-state index in [1.807, 2.05) is 6.92 Å². The molecule has 1 aliphatic rings. The van der Waals surface area contributed by atoms with Crippen LogP contribution >= 0.6 is 0 Å². The first-order valence-corrected chi connectivity index (χ1v) is 8.90. The monoisotopic (exact) mass is 320 g/mol. The van der Waals surface area contributed by atoms with Gasteiger partial charge in [0.15, 0.2) is 15.5 Å². The Morgan fingerprint density at radius 3 is 2.77 bits per heavy atom. The van der Waals surface area contributed by atoms with Gasteiger partial charge in [0.2, 0.25) is 0 Å². The predicted molar refractivity (Wildman–Crippen MR) is 81.1 cm³/mol. The topological polar surface area (TPSA) is 93.1 Å². The Morgan fingerprint density at radius 2 is 2.09 bits per heavy atom. The third kappa shape index (κ3) is 2.78. The van der Waals surface area contributed by atoms with E-state index in [1.54, 1.807) is 23.4 Å². The summed E-state index contributed by atoms with van der Waals surface area (Å²) in [5, 5.41) is 0. The Hall–Kier alpha value is -2.09. The molecule has 1 fully saturated rings. The number of sulfone groups is 1. The van der Waals surface area contributed by atoms with Crippen LogP contribution in [0.3, 0.4) is 0 Å². The van der Waals surface area contributed by atoms with Crippen molar-refractivity contribution in [1.82, 2.24) is 19.9 Å². The lowest BCUT2D eigenvalue weighted by atomic mass is 10.1. The van der Waals surface area contributed by atoms with Crippen molar-refractivity contribution in [3.05, 3.63) is 30.2 Å². The van der Waals surface area contributed by atoms with Gasteiger partial charge in [0.25, 0.3) is 5.91 Å². The smallest absolute Gasteiger partial charge is 0.255 e. The zero-order chi connectivity index (χ0) is 15.7. The Kier molecular flexibility index (Phi) is 3.78. The van der Waals surface area contributed by atoms with Crippen molar-refractivity contribution in [3.63, 3.8) is 0 Å². The molecule has 1 atom stereocenters. The number of hydrogen-bond donors (Lipinski definition) is 0. The largest absolute Gasteiger partial charge is 0.335 e.